The van der Waals surface area contributed by atoms with Gasteiger partial charge in [-0.05, 0) is 38.8 Å². The predicted octanol–water partition coefficient (Wildman–Crippen LogP) is 2.64. The van der Waals surface area contributed by atoms with Crippen molar-refractivity contribution in [3.8, 4) is 11.5 Å². The first-order valence-corrected chi connectivity index (χ1v) is 9.83. The third-order valence-electron chi connectivity index (χ3n) is 4.75. The van der Waals surface area contributed by atoms with Crippen LogP contribution in [0.2, 0.25) is 0 Å². The molecule has 26 heavy (non-hydrogen) atoms. The monoisotopic (exact) mass is 376 g/mol. The summed E-state index contributed by atoms with van der Waals surface area (Å²) in [7, 11) is -1.90. The van der Waals surface area contributed by atoms with E-state index in [1.54, 1.807) is 16.8 Å². The minimum Gasteiger partial charge on any atom is -0.440 e. The highest BCUT2D eigenvalue weighted by molar-refractivity contribution is 7.89. The highest BCUT2D eigenvalue weighted by Gasteiger charge is 2.40. The van der Waals surface area contributed by atoms with Crippen LogP contribution in [0.3, 0.4) is 0 Å². The van der Waals surface area contributed by atoms with E-state index in [-0.39, 0.29) is 17.7 Å². The van der Waals surface area contributed by atoms with Gasteiger partial charge in [-0.15, -0.1) is 0 Å². The van der Waals surface area contributed by atoms with Crippen molar-refractivity contribution >= 4 is 10.0 Å². The fourth-order valence-electron chi connectivity index (χ4n) is 3.02. The van der Waals surface area contributed by atoms with Gasteiger partial charge in [0.25, 0.3) is 10.0 Å². The lowest BCUT2D eigenvalue weighted by atomic mass is 10.2. The summed E-state index contributed by atoms with van der Waals surface area (Å²) in [6.07, 6.45) is 3.19. The lowest BCUT2D eigenvalue weighted by Crippen LogP contribution is -2.32. The molecule has 0 aliphatic heterocycles. The summed E-state index contributed by atoms with van der Waals surface area (Å²) in [5.74, 6) is 0.730. The number of aromatic nitrogens is 3. The van der Waals surface area contributed by atoms with Crippen molar-refractivity contribution in [3.63, 3.8) is 0 Å². The van der Waals surface area contributed by atoms with E-state index in [1.165, 1.54) is 16.6 Å². The molecular weight excluding hydrogens is 356 g/mol. The first kappa shape index (κ1) is 17.0. The predicted molar refractivity (Wildman–Crippen MR) is 92.6 cm³/mol. The molecule has 0 radical (unpaired) electrons. The molecule has 1 aliphatic carbocycles. The van der Waals surface area contributed by atoms with Gasteiger partial charge >= 0.3 is 0 Å². The van der Waals surface area contributed by atoms with Crippen LogP contribution in [0.15, 0.2) is 38.4 Å². The summed E-state index contributed by atoms with van der Waals surface area (Å²) < 4.78 is 40.3. The second-order valence-electron chi connectivity index (χ2n) is 6.55. The fourth-order valence-corrected chi connectivity index (χ4v) is 4.59. The summed E-state index contributed by atoms with van der Waals surface area (Å²) in [4.78, 5) is 0. The zero-order valence-electron chi connectivity index (χ0n) is 14.8. The van der Waals surface area contributed by atoms with E-state index in [9.17, 15) is 8.42 Å². The topological polar surface area (TPSA) is 94.4 Å². The van der Waals surface area contributed by atoms with Crippen LogP contribution < -0.4 is 0 Å². The Hall–Kier alpha value is -2.39. The minimum absolute atomic E-state index is 0.00200. The molecule has 0 unspecified atom stereocenters. The van der Waals surface area contributed by atoms with Gasteiger partial charge in [-0.2, -0.15) is 9.40 Å². The molecule has 3 aromatic heterocycles. The third kappa shape index (κ3) is 2.86. The number of aryl methyl sites for hydroxylation is 2. The van der Waals surface area contributed by atoms with Crippen LogP contribution in [-0.2, 0) is 23.6 Å². The molecule has 1 fully saturated rings. The Balaban J connectivity index is 1.68. The van der Waals surface area contributed by atoms with Gasteiger partial charge in [-0.25, -0.2) is 8.42 Å². The second-order valence-corrected chi connectivity index (χ2v) is 8.37. The fraction of sp³-hybridized carbons (Fsp3) is 0.412. The Morgan fingerprint density at radius 1 is 1.23 bits per heavy atom. The third-order valence-corrected chi connectivity index (χ3v) is 6.52. The van der Waals surface area contributed by atoms with Gasteiger partial charge in [-0.1, -0.05) is 5.16 Å². The minimum atomic E-state index is -3.76. The molecule has 3 heterocycles. The quantitative estimate of drug-likeness (QED) is 0.656. The molecule has 8 nitrogen and oxygen atoms in total. The molecule has 1 saturated carbocycles. The van der Waals surface area contributed by atoms with Crippen molar-refractivity contribution < 1.29 is 17.4 Å². The van der Waals surface area contributed by atoms with Crippen molar-refractivity contribution in [2.75, 3.05) is 0 Å². The molecule has 0 saturated heterocycles. The molecule has 0 N–H and O–H groups in total. The lowest BCUT2D eigenvalue weighted by Gasteiger charge is -2.20. The van der Waals surface area contributed by atoms with Crippen molar-refractivity contribution in [3.05, 3.63) is 41.3 Å². The summed E-state index contributed by atoms with van der Waals surface area (Å²) in [5, 5.41) is 7.92. The maximum atomic E-state index is 13.2. The maximum Gasteiger partial charge on any atom is 0.277 e. The molecule has 1 aliphatic rings. The van der Waals surface area contributed by atoms with Crippen LogP contribution in [0.5, 0.6) is 0 Å². The van der Waals surface area contributed by atoms with Gasteiger partial charge in [0.15, 0.2) is 5.76 Å². The summed E-state index contributed by atoms with van der Waals surface area (Å²) in [6, 6.07) is 4.67. The van der Waals surface area contributed by atoms with E-state index < -0.39 is 10.0 Å². The molecule has 0 aromatic carbocycles. The molecule has 138 valence electrons. The Bertz CT molecular complexity index is 1030. The Morgan fingerprint density at radius 2 is 2.00 bits per heavy atom. The molecule has 9 heteroatoms. The molecule has 0 atom stereocenters. The van der Waals surface area contributed by atoms with Crippen molar-refractivity contribution in [1.82, 2.24) is 19.2 Å². The van der Waals surface area contributed by atoms with E-state index in [4.69, 9.17) is 8.94 Å². The van der Waals surface area contributed by atoms with E-state index in [0.29, 0.717) is 11.5 Å². The highest BCUT2D eigenvalue weighted by atomic mass is 32.2. The van der Waals surface area contributed by atoms with Crippen LogP contribution >= 0.6 is 0 Å². The van der Waals surface area contributed by atoms with E-state index in [0.717, 1.165) is 29.8 Å². The summed E-state index contributed by atoms with van der Waals surface area (Å²) >= 11 is 0. The van der Waals surface area contributed by atoms with E-state index in [2.05, 4.69) is 10.3 Å². The number of furan rings is 1. The zero-order valence-corrected chi connectivity index (χ0v) is 15.7. The van der Waals surface area contributed by atoms with Crippen molar-refractivity contribution in [2.45, 2.75) is 44.4 Å². The Morgan fingerprint density at radius 3 is 2.58 bits per heavy atom. The molecule has 0 bridgehead atoms. The highest BCUT2D eigenvalue weighted by Crippen LogP contribution is 2.35. The second kappa shape index (κ2) is 6.10. The Kier molecular flexibility index (Phi) is 4.00. The summed E-state index contributed by atoms with van der Waals surface area (Å²) in [5.41, 5.74) is 2.74. The SMILES string of the molecule is Cc1nn(C)c(C)c1CN(C1CC1)S(=O)(=O)c1ccc(-c2ccno2)o1. The Labute approximate surface area is 151 Å². The van der Waals surface area contributed by atoms with Gasteiger partial charge in [0.05, 0.1) is 11.9 Å². The van der Waals surface area contributed by atoms with Gasteiger partial charge in [-0.3, -0.25) is 4.68 Å². The number of nitrogens with zero attached hydrogens (tertiary/aromatic N) is 4. The smallest absolute Gasteiger partial charge is 0.277 e. The summed E-state index contributed by atoms with van der Waals surface area (Å²) in [6.45, 7) is 4.13. The van der Waals surface area contributed by atoms with Crippen molar-refractivity contribution in [1.29, 1.82) is 0 Å². The largest absolute Gasteiger partial charge is 0.440 e. The van der Waals surface area contributed by atoms with Crippen LogP contribution in [-0.4, -0.2) is 33.7 Å². The standard InChI is InChI=1S/C17H20N4O4S/c1-11-14(12(2)20(3)19-11)10-21(13-4-5-13)26(22,23)17-7-6-15(24-17)16-8-9-18-25-16/h6-9,13H,4-5,10H2,1-3H3. The van der Waals surface area contributed by atoms with Crippen LogP contribution in [0.4, 0.5) is 0 Å². The van der Waals surface area contributed by atoms with Crippen LogP contribution in [0.25, 0.3) is 11.5 Å². The average molecular weight is 376 g/mol. The van der Waals surface area contributed by atoms with E-state index in [1.807, 2.05) is 20.9 Å². The normalized spacial score (nSPS) is 15.1. The molecular formula is C17H20N4O4S. The first-order valence-electron chi connectivity index (χ1n) is 8.39. The lowest BCUT2D eigenvalue weighted by molar-refractivity contribution is 0.364. The first-order chi connectivity index (χ1) is 12.4. The number of rotatable bonds is 6. The van der Waals surface area contributed by atoms with E-state index >= 15 is 0 Å². The van der Waals surface area contributed by atoms with Crippen LogP contribution in [0.1, 0.15) is 29.8 Å². The molecule has 0 amide bonds. The maximum absolute atomic E-state index is 13.2. The van der Waals surface area contributed by atoms with Crippen LogP contribution in [0, 0.1) is 13.8 Å². The number of sulfonamides is 1. The van der Waals surface area contributed by atoms with Gasteiger partial charge in [0.1, 0.15) is 0 Å². The number of hydrogen-bond acceptors (Lipinski definition) is 6. The zero-order chi connectivity index (χ0) is 18.5. The number of hydrogen-bond donors (Lipinski definition) is 0. The van der Waals surface area contributed by atoms with Gasteiger partial charge in [0, 0.05) is 37.0 Å². The van der Waals surface area contributed by atoms with Gasteiger partial charge < -0.3 is 8.94 Å². The van der Waals surface area contributed by atoms with Gasteiger partial charge in [0.2, 0.25) is 10.9 Å². The molecule has 4 rings (SSSR count). The molecule has 0 spiro atoms. The van der Waals surface area contributed by atoms with Crippen molar-refractivity contribution in [2.24, 2.45) is 7.05 Å². The average Bonchev–Trinajstić information content (AvgIpc) is 3.01. The molecule has 3 aromatic rings.